The third kappa shape index (κ3) is 3.98. The lowest BCUT2D eigenvalue weighted by Crippen LogP contribution is -2.31. The molecule has 2 amide bonds. The Morgan fingerprint density at radius 3 is 2.43 bits per heavy atom. The molecule has 4 rings (SSSR count). The van der Waals surface area contributed by atoms with E-state index in [1.54, 1.807) is 17.3 Å². The van der Waals surface area contributed by atoms with Gasteiger partial charge in [-0.25, -0.2) is 9.97 Å². The lowest BCUT2D eigenvalue weighted by atomic mass is 10.1. The van der Waals surface area contributed by atoms with E-state index in [-0.39, 0.29) is 24.2 Å². The Labute approximate surface area is 164 Å². The van der Waals surface area contributed by atoms with Crippen LogP contribution in [0.5, 0.6) is 0 Å². The number of hydrogen-bond donors (Lipinski definition) is 1. The van der Waals surface area contributed by atoms with E-state index in [4.69, 9.17) is 0 Å². The third-order valence-corrected chi connectivity index (χ3v) is 5.39. The molecule has 7 heteroatoms. The average Bonchev–Trinajstić information content (AvgIpc) is 3.12. The summed E-state index contributed by atoms with van der Waals surface area (Å²) in [5.41, 5.74) is 2.53. The number of benzene rings is 1. The minimum atomic E-state index is -0.379. The number of hydrogen-bond acceptors (Lipinski definition) is 5. The van der Waals surface area contributed by atoms with Crippen LogP contribution < -0.4 is 15.1 Å². The van der Waals surface area contributed by atoms with Gasteiger partial charge in [0.1, 0.15) is 0 Å². The van der Waals surface area contributed by atoms with Gasteiger partial charge in [0.25, 0.3) is 0 Å². The summed E-state index contributed by atoms with van der Waals surface area (Å²) in [7, 11) is 0. The second-order valence-electron chi connectivity index (χ2n) is 7.55. The van der Waals surface area contributed by atoms with Gasteiger partial charge in [-0.15, -0.1) is 0 Å². The van der Waals surface area contributed by atoms with Gasteiger partial charge in [-0.3, -0.25) is 9.59 Å². The van der Waals surface area contributed by atoms with E-state index in [0.717, 1.165) is 37.2 Å². The topological polar surface area (TPSA) is 78.4 Å². The second kappa shape index (κ2) is 7.96. The molecule has 3 heterocycles. The molecule has 0 bridgehead atoms. The van der Waals surface area contributed by atoms with Crippen molar-refractivity contribution in [3.63, 3.8) is 0 Å². The van der Waals surface area contributed by atoms with Gasteiger partial charge in [-0.1, -0.05) is 17.7 Å². The number of amides is 2. The minimum absolute atomic E-state index is 0.0271. The Kier molecular flexibility index (Phi) is 5.23. The monoisotopic (exact) mass is 379 g/mol. The first-order chi connectivity index (χ1) is 13.6. The summed E-state index contributed by atoms with van der Waals surface area (Å²) in [4.78, 5) is 37.6. The maximum atomic E-state index is 12.6. The Balaban J connectivity index is 1.37. The molecule has 146 valence electrons. The van der Waals surface area contributed by atoms with E-state index in [2.05, 4.69) is 20.2 Å². The average molecular weight is 379 g/mol. The maximum Gasteiger partial charge on any atom is 0.229 e. The zero-order valence-corrected chi connectivity index (χ0v) is 16.1. The van der Waals surface area contributed by atoms with Gasteiger partial charge in [-0.2, -0.15) is 0 Å². The van der Waals surface area contributed by atoms with Crippen LogP contribution in [0.25, 0.3) is 0 Å². The summed E-state index contributed by atoms with van der Waals surface area (Å²) in [6.07, 6.45) is 7.08. The molecule has 2 aliphatic rings. The number of anilines is 3. The van der Waals surface area contributed by atoms with Crippen LogP contribution in [0.15, 0.2) is 36.7 Å². The van der Waals surface area contributed by atoms with E-state index >= 15 is 0 Å². The molecule has 2 saturated heterocycles. The zero-order chi connectivity index (χ0) is 19.5. The van der Waals surface area contributed by atoms with E-state index in [1.807, 2.05) is 31.2 Å². The zero-order valence-electron chi connectivity index (χ0n) is 16.1. The molecule has 1 N–H and O–H groups in total. The molecule has 7 nitrogen and oxygen atoms in total. The van der Waals surface area contributed by atoms with Crippen LogP contribution in [0.3, 0.4) is 0 Å². The Morgan fingerprint density at radius 2 is 1.75 bits per heavy atom. The highest BCUT2D eigenvalue weighted by molar-refractivity contribution is 6.03. The molecular weight excluding hydrogens is 354 g/mol. The summed E-state index contributed by atoms with van der Waals surface area (Å²) in [5, 5.41) is 2.85. The molecule has 0 aliphatic carbocycles. The first-order valence-electron chi connectivity index (χ1n) is 9.85. The highest BCUT2D eigenvalue weighted by Crippen LogP contribution is 2.26. The fraction of sp³-hybridized carbons (Fsp3) is 0.429. The van der Waals surface area contributed by atoms with Crippen LogP contribution in [0.1, 0.15) is 31.2 Å². The van der Waals surface area contributed by atoms with Crippen LogP contribution in [0.4, 0.5) is 17.3 Å². The van der Waals surface area contributed by atoms with E-state index < -0.39 is 0 Å². The van der Waals surface area contributed by atoms with Crippen molar-refractivity contribution in [2.75, 3.05) is 34.8 Å². The number of nitrogens with one attached hydrogen (secondary N) is 1. The summed E-state index contributed by atoms with van der Waals surface area (Å²) < 4.78 is 0. The number of aromatic nitrogens is 2. The summed E-state index contributed by atoms with van der Waals surface area (Å²) in [6, 6.07) is 7.77. The van der Waals surface area contributed by atoms with Gasteiger partial charge in [0.05, 0.1) is 24.0 Å². The number of carbonyl (C=O) groups excluding carboxylic acids is 2. The highest BCUT2D eigenvalue weighted by atomic mass is 16.2. The number of carbonyl (C=O) groups is 2. The number of nitrogens with zero attached hydrogens (tertiary/aromatic N) is 4. The van der Waals surface area contributed by atoms with Gasteiger partial charge in [0.2, 0.25) is 17.8 Å². The van der Waals surface area contributed by atoms with Crippen LogP contribution in [0.2, 0.25) is 0 Å². The third-order valence-electron chi connectivity index (χ3n) is 5.39. The largest absolute Gasteiger partial charge is 0.341 e. The maximum absolute atomic E-state index is 12.6. The van der Waals surface area contributed by atoms with Crippen molar-refractivity contribution < 1.29 is 9.59 Å². The molecule has 2 aliphatic heterocycles. The first kappa shape index (κ1) is 18.4. The molecule has 1 aromatic heterocycles. The van der Waals surface area contributed by atoms with E-state index in [9.17, 15) is 9.59 Å². The minimum Gasteiger partial charge on any atom is -0.341 e. The lowest BCUT2D eigenvalue weighted by molar-refractivity contribution is -0.122. The van der Waals surface area contributed by atoms with E-state index in [0.29, 0.717) is 18.2 Å². The molecule has 0 saturated carbocycles. The second-order valence-corrected chi connectivity index (χ2v) is 7.55. The summed E-state index contributed by atoms with van der Waals surface area (Å²) >= 11 is 0. The van der Waals surface area contributed by atoms with E-state index in [1.165, 1.54) is 6.42 Å². The Hall–Kier alpha value is -2.96. The molecular formula is C21H25N5O2. The predicted molar refractivity (Wildman–Crippen MR) is 108 cm³/mol. The quantitative estimate of drug-likeness (QED) is 0.884. The first-order valence-corrected chi connectivity index (χ1v) is 9.85. The number of rotatable bonds is 4. The van der Waals surface area contributed by atoms with Crippen molar-refractivity contribution in [3.05, 3.63) is 42.2 Å². The van der Waals surface area contributed by atoms with Gasteiger partial charge >= 0.3 is 0 Å². The molecule has 2 fully saturated rings. The van der Waals surface area contributed by atoms with Crippen LogP contribution in [-0.2, 0) is 9.59 Å². The molecule has 1 aromatic carbocycles. The summed E-state index contributed by atoms with van der Waals surface area (Å²) in [5.74, 6) is 0.132. The SMILES string of the molecule is Cc1ccc(N2CC(C(=O)Nc3cnc(N4CCCCC4)nc3)CC2=O)cc1. The van der Waals surface area contributed by atoms with Crippen molar-refractivity contribution in [2.24, 2.45) is 5.92 Å². The molecule has 0 spiro atoms. The van der Waals surface area contributed by atoms with Crippen molar-refractivity contribution in [2.45, 2.75) is 32.6 Å². The van der Waals surface area contributed by atoms with Crippen molar-refractivity contribution in [1.29, 1.82) is 0 Å². The van der Waals surface area contributed by atoms with Crippen LogP contribution >= 0.6 is 0 Å². The molecule has 0 radical (unpaired) electrons. The Bertz CT molecular complexity index is 844. The lowest BCUT2D eigenvalue weighted by Gasteiger charge is -2.26. The molecule has 2 aromatic rings. The standard InChI is InChI=1S/C21H25N5O2/c1-15-5-7-18(8-6-15)26-14-16(11-19(26)27)20(28)24-17-12-22-21(23-13-17)25-9-3-2-4-10-25/h5-8,12-13,16H,2-4,9-11,14H2,1H3,(H,24,28). The summed E-state index contributed by atoms with van der Waals surface area (Å²) in [6.45, 7) is 4.35. The van der Waals surface area contributed by atoms with Crippen molar-refractivity contribution >= 4 is 29.1 Å². The van der Waals surface area contributed by atoms with Gasteiger partial charge in [-0.05, 0) is 38.3 Å². The van der Waals surface area contributed by atoms with Crippen molar-refractivity contribution in [1.82, 2.24) is 9.97 Å². The fourth-order valence-electron chi connectivity index (χ4n) is 3.74. The molecule has 28 heavy (non-hydrogen) atoms. The normalized spacial score (nSPS) is 19.8. The van der Waals surface area contributed by atoms with Gasteiger partial charge in [0.15, 0.2) is 0 Å². The smallest absolute Gasteiger partial charge is 0.229 e. The number of aryl methyl sites for hydroxylation is 1. The molecule has 1 unspecified atom stereocenters. The predicted octanol–water partition coefficient (Wildman–Crippen LogP) is 2.77. The van der Waals surface area contributed by atoms with Crippen LogP contribution in [-0.4, -0.2) is 41.4 Å². The van der Waals surface area contributed by atoms with Gasteiger partial charge in [0, 0.05) is 31.7 Å². The van der Waals surface area contributed by atoms with Gasteiger partial charge < -0.3 is 15.1 Å². The highest BCUT2D eigenvalue weighted by Gasteiger charge is 2.35. The van der Waals surface area contributed by atoms with Crippen molar-refractivity contribution in [3.8, 4) is 0 Å². The fourth-order valence-corrected chi connectivity index (χ4v) is 3.74. The Morgan fingerprint density at radius 1 is 1.07 bits per heavy atom. The molecule has 1 atom stereocenters. The number of piperidine rings is 1. The van der Waals surface area contributed by atoms with Crippen LogP contribution in [0, 0.1) is 12.8 Å².